The van der Waals surface area contributed by atoms with Crippen LogP contribution in [0.1, 0.15) is 43.8 Å². The lowest BCUT2D eigenvalue weighted by Gasteiger charge is -2.23. The predicted molar refractivity (Wildman–Crippen MR) is 101 cm³/mol. The molecule has 1 aromatic heterocycles. The number of aliphatic imine (C=N–C) groups is 1. The molecule has 2 aliphatic rings. The van der Waals surface area contributed by atoms with E-state index in [1.54, 1.807) is 11.8 Å². The molecular formula is C15H27IN6O2. The molecule has 9 heteroatoms. The molecule has 24 heavy (non-hydrogen) atoms. The minimum absolute atomic E-state index is 0. The van der Waals surface area contributed by atoms with Gasteiger partial charge in [0.1, 0.15) is 17.8 Å². The number of halogens is 1. The van der Waals surface area contributed by atoms with Gasteiger partial charge < -0.3 is 20.5 Å². The van der Waals surface area contributed by atoms with Crippen molar-refractivity contribution in [2.24, 2.45) is 10.7 Å². The van der Waals surface area contributed by atoms with Crippen LogP contribution in [0.3, 0.4) is 0 Å². The maximum absolute atomic E-state index is 5.97. The second-order valence-corrected chi connectivity index (χ2v) is 6.25. The summed E-state index contributed by atoms with van der Waals surface area (Å²) in [5.41, 5.74) is 6.76. The fraction of sp³-hybridized carbons (Fsp3) is 0.800. The quantitative estimate of drug-likeness (QED) is 0.398. The first kappa shape index (κ1) is 19.4. The Labute approximate surface area is 159 Å². The van der Waals surface area contributed by atoms with Gasteiger partial charge in [-0.05, 0) is 12.8 Å². The summed E-state index contributed by atoms with van der Waals surface area (Å²) in [6.45, 7) is 1.61. The van der Waals surface area contributed by atoms with Crippen LogP contribution in [0, 0.1) is 0 Å². The number of hydrogen-bond donors (Lipinski definition) is 2. The van der Waals surface area contributed by atoms with Gasteiger partial charge in [-0.1, -0.05) is 24.5 Å². The van der Waals surface area contributed by atoms with Crippen LogP contribution in [0.5, 0.6) is 0 Å². The lowest BCUT2D eigenvalue weighted by molar-refractivity contribution is 0.0661. The van der Waals surface area contributed by atoms with Crippen LogP contribution in [0.15, 0.2) is 11.2 Å². The van der Waals surface area contributed by atoms with Crippen LogP contribution < -0.4 is 11.1 Å². The normalized spacial score (nSPS) is 25.5. The zero-order valence-electron chi connectivity index (χ0n) is 14.1. The first-order valence-corrected chi connectivity index (χ1v) is 8.34. The highest BCUT2D eigenvalue weighted by molar-refractivity contribution is 14.0. The van der Waals surface area contributed by atoms with Gasteiger partial charge in [0.2, 0.25) is 0 Å². The molecule has 8 nitrogen and oxygen atoms in total. The van der Waals surface area contributed by atoms with E-state index in [4.69, 9.17) is 15.2 Å². The van der Waals surface area contributed by atoms with Crippen molar-refractivity contribution >= 4 is 29.9 Å². The monoisotopic (exact) mass is 450 g/mol. The summed E-state index contributed by atoms with van der Waals surface area (Å²) < 4.78 is 12.6. The first-order chi connectivity index (χ1) is 11.3. The molecule has 3 rings (SSSR count). The van der Waals surface area contributed by atoms with Crippen molar-refractivity contribution in [1.29, 1.82) is 0 Å². The molecule has 0 bridgehead atoms. The van der Waals surface area contributed by atoms with E-state index in [9.17, 15) is 0 Å². The molecule has 0 aromatic carbocycles. The van der Waals surface area contributed by atoms with Crippen molar-refractivity contribution < 1.29 is 9.47 Å². The average Bonchev–Trinajstić information content (AvgIpc) is 3.22. The molecule has 0 spiro atoms. The van der Waals surface area contributed by atoms with E-state index in [1.807, 2.05) is 6.20 Å². The summed E-state index contributed by atoms with van der Waals surface area (Å²) in [5.74, 6) is 0.491. The second kappa shape index (κ2) is 9.52. The first-order valence-electron chi connectivity index (χ1n) is 8.34. The van der Waals surface area contributed by atoms with Crippen molar-refractivity contribution in [2.75, 3.05) is 20.3 Å². The Kier molecular flexibility index (Phi) is 7.69. The van der Waals surface area contributed by atoms with Gasteiger partial charge in [-0.15, -0.1) is 29.1 Å². The van der Waals surface area contributed by atoms with Crippen molar-refractivity contribution in [3.05, 3.63) is 11.9 Å². The van der Waals surface area contributed by atoms with Crippen molar-refractivity contribution in [3.63, 3.8) is 0 Å². The Morgan fingerprint density at radius 1 is 1.42 bits per heavy atom. The number of nitrogens with zero attached hydrogens (tertiary/aromatic N) is 4. The van der Waals surface area contributed by atoms with Gasteiger partial charge in [0.25, 0.3) is 0 Å². The molecule has 1 aliphatic carbocycles. The summed E-state index contributed by atoms with van der Waals surface area (Å²) in [6, 6.07) is 0.532. The highest BCUT2D eigenvalue weighted by Crippen LogP contribution is 2.21. The van der Waals surface area contributed by atoms with E-state index in [1.165, 1.54) is 32.1 Å². The summed E-state index contributed by atoms with van der Waals surface area (Å²) in [5, 5.41) is 11.6. The van der Waals surface area contributed by atoms with Crippen LogP contribution in [0.25, 0.3) is 0 Å². The number of nitrogens with one attached hydrogen (secondary N) is 1. The third-order valence-corrected chi connectivity index (χ3v) is 4.57. The number of methoxy groups -OCH3 is 1. The number of aromatic nitrogens is 3. The van der Waals surface area contributed by atoms with Crippen molar-refractivity contribution in [1.82, 2.24) is 20.3 Å². The molecule has 0 radical (unpaired) electrons. The number of rotatable bonds is 5. The number of guanidine groups is 1. The van der Waals surface area contributed by atoms with E-state index >= 15 is 0 Å². The SMILES string of the molecule is CO[C@@H]1COC[C@H]1n1cc(CN=C(N)NC2CCCCC2)nn1.I. The van der Waals surface area contributed by atoms with E-state index in [2.05, 4.69) is 20.6 Å². The van der Waals surface area contributed by atoms with Gasteiger partial charge in [0.15, 0.2) is 5.96 Å². The van der Waals surface area contributed by atoms with Crippen LogP contribution >= 0.6 is 24.0 Å². The Balaban J connectivity index is 0.00000208. The Hall–Kier alpha value is -0.940. The lowest BCUT2D eigenvalue weighted by Crippen LogP contribution is -2.41. The largest absolute Gasteiger partial charge is 0.377 e. The van der Waals surface area contributed by atoms with E-state index < -0.39 is 0 Å². The molecule has 1 aromatic rings. The summed E-state index contributed by atoms with van der Waals surface area (Å²) in [6.07, 6.45) is 8.12. The Morgan fingerprint density at radius 2 is 2.21 bits per heavy atom. The highest BCUT2D eigenvalue weighted by Gasteiger charge is 2.30. The van der Waals surface area contributed by atoms with Gasteiger partial charge in [-0.25, -0.2) is 9.67 Å². The van der Waals surface area contributed by atoms with E-state index in [-0.39, 0.29) is 36.1 Å². The third kappa shape index (κ3) is 5.03. The van der Waals surface area contributed by atoms with Crippen molar-refractivity contribution in [2.45, 2.75) is 56.8 Å². The highest BCUT2D eigenvalue weighted by atomic mass is 127. The van der Waals surface area contributed by atoms with Crippen molar-refractivity contribution in [3.8, 4) is 0 Å². The molecule has 2 heterocycles. The molecule has 1 saturated heterocycles. The number of hydrogen-bond acceptors (Lipinski definition) is 5. The zero-order valence-corrected chi connectivity index (χ0v) is 16.4. The second-order valence-electron chi connectivity index (χ2n) is 6.25. The van der Waals surface area contributed by atoms with E-state index in [0.29, 0.717) is 31.8 Å². The molecule has 1 saturated carbocycles. The fourth-order valence-corrected chi connectivity index (χ4v) is 3.21. The molecule has 0 amide bonds. The standard InChI is InChI=1S/C15H26N6O2.HI/c1-22-14-10-23-9-13(14)21-8-12(19-20-21)7-17-15(16)18-11-5-3-2-4-6-11;/h8,11,13-14H,2-7,9-10H2,1H3,(H3,16,17,18);1H/t13-,14-;/m1./s1. The van der Waals surface area contributed by atoms with Crippen LogP contribution in [-0.4, -0.2) is 53.4 Å². The van der Waals surface area contributed by atoms with Crippen LogP contribution in [0.2, 0.25) is 0 Å². The average molecular weight is 450 g/mol. The zero-order chi connectivity index (χ0) is 16.1. The molecule has 0 unspecified atom stereocenters. The van der Waals surface area contributed by atoms with E-state index in [0.717, 1.165) is 5.69 Å². The smallest absolute Gasteiger partial charge is 0.189 e. The van der Waals surface area contributed by atoms with Crippen LogP contribution in [0.4, 0.5) is 0 Å². The van der Waals surface area contributed by atoms with Crippen LogP contribution in [-0.2, 0) is 16.0 Å². The number of nitrogens with two attached hydrogens (primary N) is 1. The minimum Gasteiger partial charge on any atom is -0.377 e. The lowest BCUT2D eigenvalue weighted by atomic mass is 9.96. The Bertz CT molecular complexity index is 532. The van der Waals surface area contributed by atoms with Gasteiger partial charge in [-0.3, -0.25) is 0 Å². The molecule has 2 atom stereocenters. The topological polar surface area (TPSA) is 99.6 Å². The maximum Gasteiger partial charge on any atom is 0.189 e. The fourth-order valence-electron chi connectivity index (χ4n) is 3.21. The molecule has 1 aliphatic heterocycles. The van der Waals surface area contributed by atoms with Gasteiger partial charge in [0.05, 0.1) is 26.0 Å². The third-order valence-electron chi connectivity index (χ3n) is 4.57. The van der Waals surface area contributed by atoms with Gasteiger partial charge in [0, 0.05) is 13.2 Å². The molecule has 136 valence electrons. The molecular weight excluding hydrogens is 423 g/mol. The van der Waals surface area contributed by atoms with Gasteiger partial charge in [-0.2, -0.15) is 0 Å². The minimum atomic E-state index is 0. The molecule has 3 N–H and O–H groups in total. The summed E-state index contributed by atoms with van der Waals surface area (Å²) >= 11 is 0. The van der Waals surface area contributed by atoms with Gasteiger partial charge >= 0.3 is 0 Å². The summed E-state index contributed by atoms with van der Waals surface area (Å²) in [4.78, 5) is 4.37. The predicted octanol–water partition coefficient (Wildman–Crippen LogP) is 1.22. The maximum atomic E-state index is 5.97. The summed E-state index contributed by atoms with van der Waals surface area (Å²) in [7, 11) is 1.69. The number of ether oxygens (including phenoxy) is 2. The molecule has 2 fully saturated rings. The Morgan fingerprint density at radius 3 is 2.96 bits per heavy atom.